The molecule has 0 aliphatic carbocycles. The van der Waals surface area contributed by atoms with Crippen LogP contribution in [0.2, 0.25) is 10.0 Å². The van der Waals surface area contributed by atoms with Gasteiger partial charge in [-0.3, -0.25) is 9.78 Å². The number of para-hydroxylation sites is 1. The number of nitrogens with one attached hydrogen (secondary N) is 1. The fourth-order valence-corrected chi connectivity index (χ4v) is 3.00. The second-order valence-electron chi connectivity index (χ2n) is 6.25. The van der Waals surface area contributed by atoms with Gasteiger partial charge < -0.3 is 15.0 Å². The lowest BCUT2D eigenvalue weighted by Gasteiger charge is -2.18. The van der Waals surface area contributed by atoms with Gasteiger partial charge in [0, 0.05) is 49.8 Å². The molecule has 3 aromatic rings. The highest BCUT2D eigenvalue weighted by atomic mass is 35.5. The van der Waals surface area contributed by atoms with Gasteiger partial charge in [-0.05, 0) is 29.8 Å². The van der Waals surface area contributed by atoms with Crippen LogP contribution in [0.25, 0.3) is 0 Å². The third-order valence-corrected chi connectivity index (χ3v) is 4.60. The highest BCUT2D eigenvalue weighted by Gasteiger charge is 2.15. The van der Waals surface area contributed by atoms with Crippen LogP contribution in [0, 0.1) is 0 Å². The average molecular weight is 416 g/mol. The number of anilines is 1. The fourth-order valence-electron chi connectivity index (χ4n) is 2.68. The molecule has 144 valence electrons. The van der Waals surface area contributed by atoms with Gasteiger partial charge in [-0.25, -0.2) is 0 Å². The van der Waals surface area contributed by atoms with Crippen LogP contribution in [0.3, 0.4) is 0 Å². The first-order valence-electron chi connectivity index (χ1n) is 8.56. The van der Waals surface area contributed by atoms with Gasteiger partial charge >= 0.3 is 0 Å². The summed E-state index contributed by atoms with van der Waals surface area (Å²) < 4.78 is 5.83. The molecule has 2 aromatic carbocycles. The molecule has 0 aliphatic heterocycles. The summed E-state index contributed by atoms with van der Waals surface area (Å²) in [6, 6.07) is 14.4. The second-order valence-corrected chi connectivity index (χ2v) is 7.10. The largest absolute Gasteiger partial charge is 0.455 e. The quantitative estimate of drug-likeness (QED) is 0.602. The van der Waals surface area contributed by atoms with E-state index < -0.39 is 0 Å². The summed E-state index contributed by atoms with van der Waals surface area (Å²) in [6.45, 7) is 0.374. The average Bonchev–Trinajstić information content (AvgIpc) is 2.69. The number of aromatic nitrogens is 1. The highest BCUT2D eigenvalue weighted by molar-refractivity contribution is 6.34. The summed E-state index contributed by atoms with van der Waals surface area (Å²) in [6.07, 6.45) is 3.01. The first kappa shape index (κ1) is 20.0. The van der Waals surface area contributed by atoms with Crippen molar-refractivity contribution in [3.63, 3.8) is 0 Å². The van der Waals surface area contributed by atoms with Crippen LogP contribution in [0.1, 0.15) is 15.9 Å². The number of hydrogen-bond acceptors (Lipinski definition) is 4. The normalized spacial score (nSPS) is 10.4. The molecule has 1 amide bonds. The van der Waals surface area contributed by atoms with E-state index in [1.54, 1.807) is 30.5 Å². The predicted octanol–water partition coefficient (Wildman–Crippen LogP) is 5.18. The smallest absolute Gasteiger partial charge is 0.256 e. The molecule has 0 saturated carbocycles. The van der Waals surface area contributed by atoms with Crippen molar-refractivity contribution >= 4 is 34.8 Å². The number of pyridine rings is 1. The molecule has 5 nitrogen and oxygen atoms in total. The number of carbonyl (C=O) groups excluding carboxylic acids is 1. The molecule has 0 unspecified atom stereocenters. The minimum atomic E-state index is -0.296. The van der Waals surface area contributed by atoms with Crippen LogP contribution in [0.4, 0.5) is 5.69 Å². The first-order chi connectivity index (χ1) is 13.5. The lowest BCUT2D eigenvalue weighted by Crippen LogP contribution is -2.24. The van der Waals surface area contributed by atoms with Gasteiger partial charge in [-0.2, -0.15) is 0 Å². The molecule has 0 spiro atoms. The molecular weight excluding hydrogens is 397 g/mol. The van der Waals surface area contributed by atoms with Crippen LogP contribution in [-0.4, -0.2) is 25.0 Å². The van der Waals surface area contributed by atoms with E-state index in [1.807, 2.05) is 43.3 Å². The molecule has 0 fully saturated rings. The van der Waals surface area contributed by atoms with Crippen molar-refractivity contribution in [2.24, 2.45) is 0 Å². The van der Waals surface area contributed by atoms with Crippen LogP contribution < -0.4 is 15.0 Å². The summed E-state index contributed by atoms with van der Waals surface area (Å²) in [5.41, 5.74) is 2.35. The summed E-state index contributed by atoms with van der Waals surface area (Å²) >= 11 is 12.2. The third-order valence-electron chi connectivity index (χ3n) is 4.05. The Hall–Kier alpha value is -2.76. The van der Waals surface area contributed by atoms with Crippen molar-refractivity contribution in [1.29, 1.82) is 0 Å². The zero-order chi connectivity index (χ0) is 20.1. The van der Waals surface area contributed by atoms with E-state index in [4.69, 9.17) is 27.9 Å². The van der Waals surface area contributed by atoms with Crippen molar-refractivity contribution in [3.8, 4) is 11.5 Å². The maximum atomic E-state index is 12.8. The summed E-state index contributed by atoms with van der Waals surface area (Å²) in [5.74, 6) is 0.416. The Labute approximate surface area is 173 Å². The molecule has 1 N–H and O–H groups in total. The number of carbonyl (C=O) groups is 1. The number of halogens is 2. The van der Waals surface area contributed by atoms with Crippen LogP contribution in [-0.2, 0) is 6.54 Å². The standard InChI is InChI=1S/C21H19Cl2N3O2/c1-26(2)18-6-4-3-5-14(18)12-25-21(27)16-13-24-10-9-19(16)28-20-11-15(22)7-8-17(20)23/h3-11,13H,12H2,1-2H3,(H,25,27). The minimum absolute atomic E-state index is 0.296. The molecule has 3 rings (SSSR count). The topological polar surface area (TPSA) is 54.5 Å². The van der Waals surface area contributed by atoms with Gasteiger partial charge in [0.25, 0.3) is 5.91 Å². The Morgan fingerprint density at radius 2 is 1.89 bits per heavy atom. The Kier molecular flexibility index (Phi) is 6.39. The number of hydrogen-bond donors (Lipinski definition) is 1. The highest BCUT2D eigenvalue weighted by Crippen LogP contribution is 2.33. The SMILES string of the molecule is CN(C)c1ccccc1CNC(=O)c1cnccc1Oc1cc(Cl)ccc1Cl. The maximum Gasteiger partial charge on any atom is 0.256 e. The van der Waals surface area contributed by atoms with Gasteiger partial charge in [0.05, 0.1) is 5.02 Å². The second kappa shape index (κ2) is 8.95. The van der Waals surface area contributed by atoms with Crippen LogP contribution in [0.5, 0.6) is 11.5 Å². The maximum absolute atomic E-state index is 12.8. The van der Waals surface area contributed by atoms with Crippen LogP contribution >= 0.6 is 23.2 Å². The van der Waals surface area contributed by atoms with E-state index in [0.29, 0.717) is 33.7 Å². The molecule has 7 heteroatoms. The van der Waals surface area contributed by atoms with Gasteiger partial charge in [0.1, 0.15) is 17.1 Å². The zero-order valence-corrected chi connectivity index (χ0v) is 17.0. The third kappa shape index (κ3) is 4.74. The molecular formula is C21H19Cl2N3O2. The van der Waals surface area contributed by atoms with Crippen molar-refractivity contribution in [2.45, 2.75) is 6.54 Å². The Morgan fingerprint density at radius 1 is 1.11 bits per heavy atom. The Bertz CT molecular complexity index is 993. The molecule has 0 bridgehead atoms. The van der Waals surface area contributed by atoms with Gasteiger partial charge in [-0.1, -0.05) is 41.4 Å². The molecule has 1 heterocycles. The molecule has 0 saturated heterocycles. The van der Waals surface area contributed by atoms with E-state index in [-0.39, 0.29) is 5.91 Å². The number of rotatable bonds is 6. The zero-order valence-electron chi connectivity index (χ0n) is 15.4. The number of benzene rings is 2. The monoisotopic (exact) mass is 415 g/mol. The van der Waals surface area contributed by atoms with Crippen molar-refractivity contribution < 1.29 is 9.53 Å². The molecule has 28 heavy (non-hydrogen) atoms. The van der Waals surface area contributed by atoms with E-state index in [9.17, 15) is 4.79 Å². The number of nitrogens with zero attached hydrogens (tertiary/aromatic N) is 2. The number of ether oxygens (including phenoxy) is 1. The Balaban J connectivity index is 1.79. The fraction of sp³-hybridized carbons (Fsp3) is 0.143. The lowest BCUT2D eigenvalue weighted by molar-refractivity contribution is 0.0948. The summed E-state index contributed by atoms with van der Waals surface area (Å²) in [7, 11) is 3.92. The molecule has 0 atom stereocenters. The van der Waals surface area contributed by atoms with Crippen molar-refractivity contribution in [3.05, 3.63) is 82.1 Å². The number of amides is 1. The Morgan fingerprint density at radius 3 is 2.68 bits per heavy atom. The van der Waals surface area contributed by atoms with Gasteiger partial charge in [-0.15, -0.1) is 0 Å². The van der Waals surface area contributed by atoms with Crippen molar-refractivity contribution in [1.82, 2.24) is 10.3 Å². The first-order valence-corrected chi connectivity index (χ1v) is 9.31. The van der Waals surface area contributed by atoms with Gasteiger partial charge in [0.2, 0.25) is 0 Å². The predicted molar refractivity (Wildman–Crippen MR) is 113 cm³/mol. The summed E-state index contributed by atoms with van der Waals surface area (Å²) in [5, 5.41) is 3.80. The molecule has 0 radical (unpaired) electrons. The van der Waals surface area contributed by atoms with Gasteiger partial charge in [0.15, 0.2) is 0 Å². The lowest BCUT2D eigenvalue weighted by atomic mass is 10.1. The van der Waals surface area contributed by atoms with Crippen molar-refractivity contribution in [2.75, 3.05) is 19.0 Å². The van der Waals surface area contributed by atoms with Crippen LogP contribution in [0.15, 0.2) is 60.9 Å². The molecule has 0 aliphatic rings. The van der Waals surface area contributed by atoms with E-state index in [2.05, 4.69) is 10.3 Å². The molecule has 1 aromatic heterocycles. The minimum Gasteiger partial charge on any atom is -0.455 e. The van der Waals surface area contributed by atoms with E-state index in [0.717, 1.165) is 11.3 Å². The van der Waals surface area contributed by atoms with E-state index in [1.165, 1.54) is 6.20 Å². The summed E-state index contributed by atoms with van der Waals surface area (Å²) in [4.78, 5) is 18.8. The van der Waals surface area contributed by atoms with E-state index >= 15 is 0 Å².